The van der Waals surface area contributed by atoms with Gasteiger partial charge in [-0.25, -0.2) is 19.6 Å². The zero-order chi connectivity index (χ0) is 9.84. The largest absolute Gasteiger partial charge is 0.240 e. The maximum atomic E-state index is 5.02. The number of hydrogen-bond donors (Lipinski definition) is 2. The van der Waals surface area contributed by atoms with Gasteiger partial charge in [0.05, 0.1) is 19.5 Å². The Morgan fingerprint density at radius 2 is 1.69 bits per heavy atom. The highest BCUT2D eigenvalue weighted by atomic mass is 32.1. The molecule has 0 aromatic carbocycles. The van der Waals surface area contributed by atoms with E-state index in [0.717, 1.165) is 6.42 Å². The van der Waals surface area contributed by atoms with Gasteiger partial charge in [0, 0.05) is 5.25 Å². The molecule has 0 heterocycles. The zero-order valence-electron chi connectivity index (χ0n) is 7.54. The maximum absolute atomic E-state index is 5.02. The molecule has 0 N–H and O–H groups in total. The van der Waals surface area contributed by atoms with Crippen LogP contribution in [0.1, 0.15) is 6.42 Å². The molecule has 4 atom stereocenters. The third-order valence-corrected chi connectivity index (χ3v) is 3.13. The summed E-state index contributed by atoms with van der Waals surface area (Å²) >= 11 is 8.69. The lowest BCUT2D eigenvalue weighted by Crippen LogP contribution is -2.30. The first-order chi connectivity index (χ1) is 6.20. The van der Waals surface area contributed by atoms with Crippen molar-refractivity contribution in [3.63, 3.8) is 0 Å². The molecule has 0 saturated heterocycles. The molecule has 0 aliphatic heterocycles. The summed E-state index contributed by atoms with van der Waals surface area (Å²) < 4.78 is 0. The van der Waals surface area contributed by atoms with Gasteiger partial charge < -0.3 is 0 Å². The van der Waals surface area contributed by atoms with E-state index in [1.165, 1.54) is 14.2 Å². The summed E-state index contributed by atoms with van der Waals surface area (Å²) in [7, 11) is 2.93. The van der Waals surface area contributed by atoms with E-state index >= 15 is 0 Å². The van der Waals surface area contributed by atoms with Gasteiger partial charge in [0.25, 0.3) is 0 Å². The van der Waals surface area contributed by atoms with E-state index in [9.17, 15) is 0 Å². The van der Waals surface area contributed by atoms with Crippen LogP contribution in [-0.4, -0.2) is 36.9 Å². The Morgan fingerprint density at radius 3 is 2.23 bits per heavy atom. The van der Waals surface area contributed by atoms with Crippen molar-refractivity contribution in [2.24, 2.45) is 0 Å². The molecule has 0 radical (unpaired) electrons. The Balaban J connectivity index is 2.48. The van der Waals surface area contributed by atoms with Gasteiger partial charge in [0.2, 0.25) is 0 Å². The van der Waals surface area contributed by atoms with Crippen LogP contribution < -0.4 is 0 Å². The van der Waals surface area contributed by atoms with Crippen molar-refractivity contribution in [3.05, 3.63) is 0 Å². The van der Waals surface area contributed by atoms with Crippen molar-refractivity contribution in [3.8, 4) is 0 Å². The molecule has 1 fully saturated rings. The van der Waals surface area contributed by atoms with Crippen LogP contribution in [0, 0.1) is 0 Å². The van der Waals surface area contributed by atoms with Crippen molar-refractivity contribution < 1.29 is 19.6 Å². The van der Waals surface area contributed by atoms with Crippen LogP contribution in [-0.2, 0) is 19.6 Å². The van der Waals surface area contributed by atoms with Crippen molar-refractivity contribution in [1.82, 2.24) is 0 Å². The SMILES string of the molecule is COOC1CC(S)C(OOC)C1S. The van der Waals surface area contributed by atoms with Crippen LogP contribution in [0.15, 0.2) is 0 Å². The highest BCUT2D eigenvalue weighted by molar-refractivity contribution is 7.82. The smallest absolute Gasteiger partial charge is 0.119 e. The molecule has 6 heteroatoms. The number of hydrogen-bond acceptors (Lipinski definition) is 6. The summed E-state index contributed by atoms with van der Waals surface area (Å²) in [4.78, 5) is 19.2. The van der Waals surface area contributed by atoms with Gasteiger partial charge in [0.1, 0.15) is 12.2 Å². The Bertz CT molecular complexity index is 157. The summed E-state index contributed by atoms with van der Waals surface area (Å²) in [6.07, 6.45) is 0.465. The molecule has 1 aliphatic rings. The van der Waals surface area contributed by atoms with Crippen LogP contribution >= 0.6 is 25.3 Å². The zero-order valence-corrected chi connectivity index (χ0v) is 9.33. The lowest BCUT2D eigenvalue weighted by atomic mass is 10.3. The minimum absolute atomic E-state index is 0.0580. The fourth-order valence-corrected chi connectivity index (χ4v) is 2.41. The topological polar surface area (TPSA) is 36.9 Å². The molecule has 0 amide bonds. The number of rotatable bonds is 4. The summed E-state index contributed by atoms with van der Waals surface area (Å²) in [5.74, 6) is 0. The van der Waals surface area contributed by atoms with Gasteiger partial charge in [-0.15, -0.1) is 0 Å². The number of thiol groups is 2. The van der Waals surface area contributed by atoms with Crippen LogP contribution in [0.3, 0.4) is 0 Å². The van der Waals surface area contributed by atoms with Gasteiger partial charge in [-0.3, -0.25) is 0 Å². The molecule has 0 aromatic rings. The second kappa shape index (κ2) is 5.43. The van der Waals surface area contributed by atoms with Gasteiger partial charge in [-0.05, 0) is 6.42 Å². The lowest BCUT2D eigenvalue weighted by molar-refractivity contribution is -0.317. The Labute approximate surface area is 88.5 Å². The minimum atomic E-state index is -0.170. The predicted octanol–water partition coefficient (Wildman–Crippen LogP) is 0.880. The van der Waals surface area contributed by atoms with E-state index in [-0.39, 0.29) is 22.7 Å². The molecular weight excluding hydrogens is 212 g/mol. The Kier molecular flexibility index (Phi) is 4.85. The van der Waals surface area contributed by atoms with E-state index in [4.69, 9.17) is 9.78 Å². The lowest BCUT2D eigenvalue weighted by Gasteiger charge is -2.18. The van der Waals surface area contributed by atoms with Gasteiger partial charge in [-0.1, -0.05) is 0 Å². The average molecular weight is 226 g/mol. The highest BCUT2D eigenvalue weighted by Gasteiger charge is 2.42. The fourth-order valence-electron chi connectivity index (χ4n) is 1.40. The first kappa shape index (κ1) is 11.6. The van der Waals surface area contributed by atoms with Gasteiger partial charge in [-0.2, -0.15) is 25.3 Å². The molecule has 0 bridgehead atoms. The van der Waals surface area contributed by atoms with Crippen molar-refractivity contribution in [2.45, 2.75) is 29.1 Å². The normalized spacial score (nSPS) is 39.7. The Morgan fingerprint density at radius 1 is 1.08 bits per heavy atom. The van der Waals surface area contributed by atoms with Crippen LogP contribution in [0.25, 0.3) is 0 Å². The molecule has 1 saturated carbocycles. The van der Waals surface area contributed by atoms with E-state index in [1.807, 2.05) is 0 Å². The molecule has 4 nitrogen and oxygen atoms in total. The summed E-state index contributed by atoms with van der Waals surface area (Å²) in [5.41, 5.74) is 0. The van der Waals surface area contributed by atoms with Crippen molar-refractivity contribution >= 4 is 25.3 Å². The minimum Gasteiger partial charge on any atom is -0.240 e. The monoisotopic (exact) mass is 226 g/mol. The summed E-state index contributed by atoms with van der Waals surface area (Å²) in [6.45, 7) is 0. The first-order valence-electron chi connectivity index (χ1n) is 3.95. The second-order valence-corrected chi connectivity index (χ2v) is 4.08. The van der Waals surface area contributed by atoms with Crippen LogP contribution in [0.2, 0.25) is 0 Å². The second-order valence-electron chi connectivity index (χ2n) is 2.82. The van der Waals surface area contributed by atoms with Crippen molar-refractivity contribution in [1.29, 1.82) is 0 Å². The fraction of sp³-hybridized carbons (Fsp3) is 1.00. The standard InChI is InChI=1S/C7H14O4S2/c1-8-10-4-3-5(12)6(7(4)13)11-9-2/h4-7,12-13H,3H2,1-2H3. The quantitative estimate of drug-likeness (QED) is 0.424. The Hall–Kier alpha value is 0.540. The third kappa shape index (κ3) is 2.74. The molecule has 1 aliphatic carbocycles. The average Bonchev–Trinajstić information content (AvgIpc) is 2.34. The van der Waals surface area contributed by atoms with E-state index in [0.29, 0.717) is 0 Å². The molecule has 13 heavy (non-hydrogen) atoms. The molecule has 1 rings (SSSR count). The molecule has 0 aromatic heterocycles. The van der Waals surface area contributed by atoms with Crippen LogP contribution in [0.5, 0.6) is 0 Å². The van der Waals surface area contributed by atoms with E-state index in [2.05, 4.69) is 35.0 Å². The molecule has 78 valence electrons. The first-order valence-corrected chi connectivity index (χ1v) is 4.99. The van der Waals surface area contributed by atoms with E-state index in [1.54, 1.807) is 0 Å². The maximum Gasteiger partial charge on any atom is 0.119 e. The molecular formula is C7H14O4S2. The van der Waals surface area contributed by atoms with Crippen molar-refractivity contribution in [2.75, 3.05) is 14.2 Å². The summed E-state index contributed by atoms with van der Waals surface area (Å²) in [6, 6.07) is 0. The van der Waals surface area contributed by atoms with E-state index < -0.39 is 0 Å². The van der Waals surface area contributed by atoms with Gasteiger partial charge >= 0.3 is 0 Å². The molecule has 4 unspecified atom stereocenters. The highest BCUT2D eigenvalue weighted by Crippen LogP contribution is 2.33. The van der Waals surface area contributed by atoms with Gasteiger partial charge in [0.15, 0.2) is 0 Å². The van der Waals surface area contributed by atoms with Crippen LogP contribution in [0.4, 0.5) is 0 Å². The summed E-state index contributed by atoms with van der Waals surface area (Å²) in [5, 5.41) is -0.0231. The predicted molar refractivity (Wildman–Crippen MR) is 53.9 cm³/mol. The third-order valence-electron chi connectivity index (χ3n) is 2.00. The molecule has 0 spiro atoms.